The summed E-state index contributed by atoms with van der Waals surface area (Å²) < 4.78 is 0. The van der Waals surface area contributed by atoms with E-state index in [0.717, 1.165) is 16.5 Å². The lowest BCUT2D eigenvalue weighted by Crippen LogP contribution is -2.59. The highest BCUT2D eigenvalue weighted by Crippen LogP contribution is 2.19. The van der Waals surface area contributed by atoms with Crippen molar-refractivity contribution in [3.63, 3.8) is 0 Å². The Kier molecular flexibility index (Phi) is 11.1. The third kappa shape index (κ3) is 8.29. The summed E-state index contributed by atoms with van der Waals surface area (Å²) in [4.78, 5) is 53.8. The first kappa shape index (κ1) is 29.8. The Bertz CT molecular complexity index is 1080. The molecule has 5 atom stereocenters. The normalized spacial score (nSPS) is 15.4. The van der Waals surface area contributed by atoms with Crippen LogP contribution < -0.4 is 21.7 Å². The fourth-order valence-corrected chi connectivity index (χ4v) is 4.00. The molecule has 3 amide bonds. The zero-order valence-corrected chi connectivity index (χ0v) is 21.8. The number of amides is 3. The number of aromatic amines is 1. The van der Waals surface area contributed by atoms with Gasteiger partial charge in [0.25, 0.3) is 0 Å². The number of carbonyl (C=O) groups excluding carboxylic acids is 3. The van der Waals surface area contributed by atoms with Gasteiger partial charge in [-0.3, -0.25) is 14.4 Å². The van der Waals surface area contributed by atoms with Gasteiger partial charge in [-0.1, -0.05) is 52.3 Å². The minimum atomic E-state index is -1.22. The molecule has 204 valence electrons. The van der Waals surface area contributed by atoms with E-state index in [-0.39, 0.29) is 24.7 Å². The van der Waals surface area contributed by atoms with Gasteiger partial charge in [-0.15, -0.1) is 0 Å². The van der Waals surface area contributed by atoms with E-state index >= 15 is 0 Å². The van der Waals surface area contributed by atoms with Crippen molar-refractivity contribution in [3.8, 4) is 0 Å². The third-order valence-corrected chi connectivity index (χ3v) is 6.38. The second-order valence-corrected chi connectivity index (χ2v) is 9.81. The van der Waals surface area contributed by atoms with E-state index < -0.39 is 54.5 Å². The molecule has 0 bridgehead atoms. The van der Waals surface area contributed by atoms with Crippen molar-refractivity contribution in [2.24, 2.45) is 17.6 Å². The number of aromatic nitrogens is 1. The van der Waals surface area contributed by atoms with Gasteiger partial charge in [-0.2, -0.15) is 0 Å². The predicted octanol–water partition coefficient (Wildman–Crippen LogP) is 0.661. The highest BCUT2D eigenvalue weighted by molar-refractivity contribution is 5.94. The van der Waals surface area contributed by atoms with Crippen molar-refractivity contribution in [2.45, 2.75) is 71.1 Å². The number of carbonyl (C=O) groups is 4. The van der Waals surface area contributed by atoms with Crippen molar-refractivity contribution in [1.82, 2.24) is 20.9 Å². The van der Waals surface area contributed by atoms with Crippen LogP contribution in [0.2, 0.25) is 0 Å². The highest BCUT2D eigenvalue weighted by atomic mass is 16.4. The lowest BCUT2D eigenvalue weighted by atomic mass is 9.96. The minimum Gasteiger partial charge on any atom is -0.480 e. The molecule has 11 nitrogen and oxygen atoms in total. The van der Waals surface area contributed by atoms with Gasteiger partial charge in [0.05, 0.1) is 6.61 Å². The first-order valence-corrected chi connectivity index (χ1v) is 12.5. The largest absolute Gasteiger partial charge is 0.480 e. The molecule has 11 heteroatoms. The van der Waals surface area contributed by atoms with E-state index in [1.165, 1.54) is 0 Å². The number of rotatable bonds is 14. The number of nitrogens with one attached hydrogen (secondary N) is 4. The third-order valence-electron chi connectivity index (χ3n) is 6.38. The van der Waals surface area contributed by atoms with E-state index in [0.29, 0.717) is 6.42 Å². The van der Waals surface area contributed by atoms with Crippen LogP contribution in [-0.4, -0.2) is 69.7 Å². The van der Waals surface area contributed by atoms with Crippen molar-refractivity contribution in [1.29, 1.82) is 0 Å². The average Bonchev–Trinajstić information content (AvgIpc) is 3.27. The van der Waals surface area contributed by atoms with Crippen LogP contribution in [0.1, 0.15) is 46.1 Å². The van der Waals surface area contributed by atoms with Gasteiger partial charge >= 0.3 is 5.97 Å². The predicted molar refractivity (Wildman–Crippen MR) is 139 cm³/mol. The van der Waals surface area contributed by atoms with Crippen LogP contribution in [0.25, 0.3) is 10.9 Å². The molecule has 0 fully saturated rings. The van der Waals surface area contributed by atoms with E-state index in [1.54, 1.807) is 13.1 Å². The zero-order chi connectivity index (χ0) is 27.7. The Labute approximate surface area is 216 Å². The number of benzene rings is 1. The summed E-state index contributed by atoms with van der Waals surface area (Å²) in [5.74, 6) is -3.38. The molecular weight excluding hydrogens is 478 g/mol. The van der Waals surface area contributed by atoms with Crippen molar-refractivity contribution < 1.29 is 29.4 Å². The first-order chi connectivity index (χ1) is 17.5. The van der Waals surface area contributed by atoms with Gasteiger partial charge in [0.15, 0.2) is 0 Å². The van der Waals surface area contributed by atoms with Crippen LogP contribution in [-0.2, 0) is 25.6 Å². The Morgan fingerprint density at radius 1 is 0.973 bits per heavy atom. The van der Waals surface area contributed by atoms with Crippen LogP contribution >= 0.6 is 0 Å². The molecule has 0 saturated carbocycles. The Hall–Kier alpha value is -3.44. The summed E-state index contributed by atoms with van der Waals surface area (Å²) in [6.45, 7) is 6.80. The Morgan fingerprint density at radius 3 is 2.22 bits per heavy atom. The van der Waals surface area contributed by atoms with Gasteiger partial charge < -0.3 is 36.9 Å². The topological polar surface area (TPSA) is 187 Å². The maximum atomic E-state index is 13.2. The SMILES string of the molecule is CCC(C)C(NC(=O)C(N)CO)C(=O)NC(CC(C)C)C(=O)NC(Cc1c[nH]c2ccccc12)C(=O)O. The Morgan fingerprint density at radius 2 is 1.62 bits per heavy atom. The molecule has 1 aromatic carbocycles. The first-order valence-electron chi connectivity index (χ1n) is 12.5. The fraction of sp³-hybridized carbons (Fsp3) is 0.538. The molecule has 2 rings (SSSR count). The van der Waals surface area contributed by atoms with E-state index in [9.17, 15) is 24.3 Å². The van der Waals surface area contributed by atoms with E-state index in [1.807, 2.05) is 45.0 Å². The number of hydrogen-bond donors (Lipinski definition) is 7. The smallest absolute Gasteiger partial charge is 0.326 e. The van der Waals surface area contributed by atoms with Gasteiger partial charge in [0.2, 0.25) is 17.7 Å². The number of aliphatic hydroxyl groups is 1. The van der Waals surface area contributed by atoms with Crippen LogP contribution in [0, 0.1) is 11.8 Å². The number of H-pyrrole nitrogens is 1. The molecule has 0 saturated heterocycles. The Balaban J connectivity index is 2.20. The minimum absolute atomic E-state index is 0.00685. The maximum absolute atomic E-state index is 13.2. The number of aliphatic hydroxyl groups excluding tert-OH is 1. The highest BCUT2D eigenvalue weighted by Gasteiger charge is 2.33. The second kappa shape index (κ2) is 13.8. The van der Waals surface area contributed by atoms with Crippen molar-refractivity contribution in [2.75, 3.05) is 6.61 Å². The van der Waals surface area contributed by atoms with Crippen LogP contribution in [0.3, 0.4) is 0 Å². The van der Waals surface area contributed by atoms with Gasteiger partial charge in [-0.25, -0.2) is 4.79 Å². The second-order valence-electron chi connectivity index (χ2n) is 9.81. The molecule has 1 heterocycles. The van der Waals surface area contributed by atoms with Crippen molar-refractivity contribution in [3.05, 3.63) is 36.0 Å². The average molecular weight is 518 g/mol. The lowest BCUT2D eigenvalue weighted by Gasteiger charge is -2.28. The van der Waals surface area contributed by atoms with Gasteiger partial charge in [-0.05, 0) is 29.9 Å². The molecule has 0 aliphatic carbocycles. The summed E-state index contributed by atoms with van der Waals surface area (Å²) in [5, 5.41) is 27.7. The zero-order valence-electron chi connectivity index (χ0n) is 21.8. The number of hydrogen-bond acceptors (Lipinski definition) is 6. The number of para-hydroxylation sites is 1. The van der Waals surface area contributed by atoms with E-state index in [4.69, 9.17) is 10.8 Å². The summed E-state index contributed by atoms with van der Waals surface area (Å²) >= 11 is 0. The molecule has 1 aromatic heterocycles. The van der Waals surface area contributed by atoms with Gasteiger partial charge in [0.1, 0.15) is 24.2 Å². The van der Waals surface area contributed by atoms with E-state index in [2.05, 4.69) is 20.9 Å². The summed E-state index contributed by atoms with van der Waals surface area (Å²) in [6.07, 6.45) is 2.59. The summed E-state index contributed by atoms with van der Waals surface area (Å²) in [7, 11) is 0. The summed E-state index contributed by atoms with van der Waals surface area (Å²) in [6, 6.07) is 3.05. The monoisotopic (exact) mass is 517 g/mol. The molecule has 5 unspecified atom stereocenters. The number of aliphatic carboxylic acids is 1. The molecule has 0 aliphatic rings. The number of fused-ring (bicyclic) bond motifs is 1. The molecular formula is C26H39N5O6. The molecule has 0 spiro atoms. The van der Waals surface area contributed by atoms with Gasteiger partial charge in [0, 0.05) is 23.5 Å². The van der Waals surface area contributed by atoms with Crippen LogP contribution in [0.4, 0.5) is 0 Å². The van der Waals surface area contributed by atoms with Crippen LogP contribution in [0.5, 0.6) is 0 Å². The maximum Gasteiger partial charge on any atom is 0.326 e. The van der Waals surface area contributed by atoms with Crippen molar-refractivity contribution >= 4 is 34.6 Å². The molecule has 0 radical (unpaired) electrons. The molecule has 2 aromatic rings. The number of carboxylic acid groups (broad SMARTS) is 1. The summed E-state index contributed by atoms with van der Waals surface area (Å²) in [5.41, 5.74) is 7.18. The molecule has 37 heavy (non-hydrogen) atoms. The number of carboxylic acids is 1. The quantitative estimate of drug-likeness (QED) is 0.192. The number of nitrogens with two attached hydrogens (primary N) is 1. The standard InChI is InChI=1S/C26H39N5O6/c1-5-15(4)22(31-23(33)18(27)13-32)25(35)29-20(10-14(2)3)24(34)30-21(26(36)37)11-16-12-28-19-9-7-6-8-17(16)19/h6-9,12,14-15,18,20-22,28,32H,5,10-11,13,27H2,1-4H3,(H,29,35)(H,30,34)(H,31,33)(H,36,37). The molecule has 0 aliphatic heterocycles. The lowest BCUT2D eigenvalue weighted by molar-refractivity contribution is -0.142. The fourth-order valence-electron chi connectivity index (χ4n) is 4.00. The van der Waals surface area contributed by atoms with Crippen LogP contribution in [0.15, 0.2) is 30.5 Å². The molecule has 8 N–H and O–H groups in total.